The Hall–Kier alpha value is -1.27. The molecule has 0 bridgehead atoms. The summed E-state index contributed by atoms with van der Waals surface area (Å²) < 4.78 is 5.38. The number of β-amino-alcohol motifs (C(OH)–C–C–N with tert-alkyl or cyclic N) is 1. The van der Waals surface area contributed by atoms with E-state index in [0.29, 0.717) is 13.1 Å². The van der Waals surface area contributed by atoms with E-state index in [-0.39, 0.29) is 24.0 Å². The number of hydrogen-bond acceptors (Lipinski definition) is 6. The molecule has 1 fully saturated rings. The average molecular weight is 574 g/mol. The molecule has 1 aliphatic heterocycles. The molecule has 1 aromatic heterocycles. The van der Waals surface area contributed by atoms with Gasteiger partial charge in [-0.25, -0.2) is 4.98 Å². The van der Waals surface area contributed by atoms with E-state index in [1.165, 1.54) is 5.56 Å². The number of halogens is 1. The van der Waals surface area contributed by atoms with Gasteiger partial charge in [0.05, 0.1) is 31.1 Å². The number of rotatable bonds is 9. The summed E-state index contributed by atoms with van der Waals surface area (Å²) in [7, 11) is 0. The molecule has 3 rings (SSSR count). The van der Waals surface area contributed by atoms with Gasteiger partial charge in [0.1, 0.15) is 5.01 Å². The molecule has 0 amide bonds. The molecule has 1 saturated heterocycles. The molecule has 3 N–H and O–H groups in total. The van der Waals surface area contributed by atoms with E-state index in [4.69, 9.17) is 9.72 Å². The molecule has 7 nitrogen and oxygen atoms in total. The second kappa shape index (κ2) is 13.4. The summed E-state index contributed by atoms with van der Waals surface area (Å²) in [5, 5.41) is 20.5. The maximum absolute atomic E-state index is 10.8. The summed E-state index contributed by atoms with van der Waals surface area (Å²) >= 11 is 1.68. The number of hydrogen-bond donors (Lipinski definition) is 3. The van der Waals surface area contributed by atoms with Gasteiger partial charge in [0, 0.05) is 50.1 Å². The molecule has 0 aliphatic carbocycles. The minimum absolute atomic E-state index is 0. The minimum Gasteiger partial charge on any atom is -0.387 e. The van der Waals surface area contributed by atoms with Crippen LogP contribution in [0.25, 0.3) is 10.6 Å². The predicted molar refractivity (Wildman–Crippen MR) is 143 cm³/mol. The second-order valence-electron chi connectivity index (χ2n) is 8.27. The number of aryl methyl sites for hydroxylation is 1. The van der Waals surface area contributed by atoms with Gasteiger partial charge in [0.25, 0.3) is 0 Å². The van der Waals surface area contributed by atoms with Crippen molar-refractivity contribution in [2.24, 2.45) is 4.99 Å². The maximum Gasteiger partial charge on any atom is 0.191 e. The summed E-state index contributed by atoms with van der Waals surface area (Å²) in [5.41, 5.74) is 2.61. The molecule has 0 saturated carbocycles. The molecule has 2 heterocycles. The van der Waals surface area contributed by atoms with E-state index in [0.717, 1.165) is 68.0 Å². The van der Waals surface area contributed by atoms with Crippen LogP contribution in [-0.4, -0.2) is 79.0 Å². The van der Waals surface area contributed by atoms with Crippen molar-refractivity contribution < 1.29 is 9.84 Å². The van der Waals surface area contributed by atoms with Crippen LogP contribution in [0.3, 0.4) is 0 Å². The molecule has 1 aliphatic rings. The Bertz CT molecular complexity index is 835. The Balaban J connectivity index is 0.00000363. The van der Waals surface area contributed by atoms with Crippen molar-refractivity contribution in [1.29, 1.82) is 0 Å². The number of aliphatic hydroxyl groups is 1. The number of nitrogens with one attached hydrogen (secondary N) is 2. The Morgan fingerprint density at radius 2 is 1.97 bits per heavy atom. The van der Waals surface area contributed by atoms with Crippen LogP contribution in [0.15, 0.2) is 34.6 Å². The lowest BCUT2D eigenvalue weighted by Crippen LogP contribution is -2.48. The van der Waals surface area contributed by atoms with Crippen molar-refractivity contribution >= 4 is 41.3 Å². The van der Waals surface area contributed by atoms with Crippen molar-refractivity contribution in [3.05, 3.63) is 40.9 Å². The zero-order valence-electron chi connectivity index (χ0n) is 19.3. The summed E-state index contributed by atoms with van der Waals surface area (Å²) in [6, 6.07) is 8.47. The molecule has 2 aromatic rings. The average Bonchev–Trinajstić information content (AvgIpc) is 3.22. The first-order chi connectivity index (χ1) is 14.9. The van der Waals surface area contributed by atoms with Gasteiger partial charge in [-0.15, -0.1) is 35.3 Å². The fourth-order valence-corrected chi connectivity index (χ4v) is 4.30. The molecular formula is C23H36IN5O2S. The fourth-order valence-electron chi connectivity index (χ4n) is 3.44. The van der Waals surface area contributed by atoms with Gasteiger partial charge in [0.15, 0.2) is 5.96 Å². The Labute approximate surface area is 212 Å². The van der Waals surface area contributed by atoms with Crippen LogP contribution in [0.2, 0.25) is 0 Å². The monoisotopic (exact) mass is 573 g/mol. The quantitative estimate of drug-likeness (QED) is 0.243. The lowest BCUT2D eigenvalue weighted by molar-refractivity contribution is -0.0179. The molecule has 0 spiro atoms. The van der Waals surface area contributed by atoms with Gasteiger partial charge in [-0.1, -0.05) is 29.8 Å². The maximum atomic E-state index is 10.8. The SMILES string of the molecule is CCNC(=NCC(C)(O)CN1CCOCC1)NCCc1csc(-c2ccc(C)cc2)n1.I. The van der Waals surface area contributed by atoms with E-state index in [9.17, 15) is 5.11 Å². The third-order valence-electron chi connectivity index (χ3n) is 5.11. The number of aliphatic imine (C=N–C) groups is 1. The van der Waals surface area contributed by atoms with Crippen LogP contribution in [0.5, 0.6) is 0 Å². The van der Waals surface area contributed by atoms with Crippen molar-refractivity contribution in [3.8, 4) is 10.6 Å². The number of morpholine rings is 1. The molecule has 1 atom stereocenters. The summed E-state index contributed by atoms with van der Waals surface area (Å²) in [5.74, 6) is 0.721. The predicted octanol–water partition coefficient (Wildman–Crippen LogP) is 2.92. The highest BCUT2D eigenvalue weighted by molar-refractivity contribution is 14.0. The molecule has 1 aromatic carbocycles. The van der Waals surface area contributed by atoms with E-state index in [1.807, 2.05) is 13.8 Å². The summed E-state index contributed by atoms with van der Waals surface area (Å²) in [4.78, 5) is 11.6. The molecule has 1 unspecified atom stereocenters. The highest BCUT2D eigenvalue weighted by Gasteiger charge is 2.25. The lowest BCUT2D eigenvalue weighted by atomic mass is 10.1. The normalized spacial score (nSPS) is 16.8. The number of aromatic nitrogens is 1. The third kappa shape index (κ3) is 8.93. The summed E-state index contributed by atoms with van der Waals surface area (Å²) in [6.07, 6.45) is 0.816. The first-order valence-corrected chi connectivity index (χ1v) is 11.9. The molecule has 32 heavy (non-hydrogen) atoms. The van der Waals surface area contributed by atoms with Gasteiger partial charge in [-0.05, 0) is 20.8 Å². The number of nitrogens with zero attached hydrogens (tertiary/aromatic N) is 3. The number of benzene rings is 1. The Morgan fingerprint density at radius 1 is 1.25 bits per heavy atom. The van der Waals surface area contributed by atoms with Gasteiger partial charge >= 0.3 is 0 Å². The highest BCUT2D eigenvalue weighted by Crippen LogP contribution is 2.24. The van der Waals surface area contributed by atoms with Crippen molar-refractivity contribution in [3.63, 3.8) is 0 Å². The van der Waals surface area contributed by atoms with E-state index in [2.05, 4.69) is 57.1 Å². The largest absolute Gasteiger partial charge is 0.387 e. The van der Waals surface area contributed by atoms with Crippen LogP contribution in [0.1, 0.15) is 25.1 Å². The van der Waals surface area contributed by atoms with Crippen LogP contribution < -0.4 is 10.6 Å². The highest BCUT2D eigenvalue weighted by atomic mass is 127. The van der Waals surface area contributed by atoms with E-state index < -0.39 is 5.60 Å². The zero-order valence-corrected chi connectivity index (χ0v) is 22.4. The number of guanidine groups is 1. The van der Waals surface area contributed by atoms with Crippen molar-refractivity contribution in [2.75, 3.05) is 52.5 Å². The number of thiazole rings is 1. The fraction of sp³-hybridized carbons (Fsp3) is 0.565. The smallest absolute Gasteiger partial charge is 0.191 e. The van der Waals surface area contributed by atoms with E-state index >= 15 is 0 Å². The Kier molecular flexibility index (Phi) is 11.3. The van der Waals surface area contributed by atoms with Gasteiger partial charge in [-0.3, -0.25) is 9.89 Å². The summed E-state index contributed by atoms with van der Waals surface area (Å²) in [6.45, 7) is 11.6. The topological polar surface area (TPSA) is 82.0 Å². The lowest BCUT2D eigenvalue weighted by Gasteiger charge is -2.33. The standard InChI is InChI=1S/C23H35N5O2S.HI/c1-4-24-22(26-16-23(3,29)17-28-11-13-30-14-12-28)25-10-9-20-15-31-21(27-20)19-7-5-18(2)6-8-19;/h5-8,15,29H,4,9-14,16-17H2,1-3H3,(H2,24,25,26);1H. The van der Waals surface area contributed by atoms with Crippen molar-refractivity contribution in [1.82, 2.24) is 20.5 Å². The molecular weight excluding hydrogens is 537 g/mol. The van der Waals surface area contributed by atoms with Gasteiger partial charge < -0.3 is 20.5 Å². The minimum atomic E-state index is -0.877. The first kappa shape index (κ1) is 27.0. The third-order valence-corrected chi connectivity index (χ3v) is 6.05. The second-order valence-corrected chi connectivity index (χ2v) is 9.13. The Morgan fingerprint density at radius 3 is 2.66 bits per heavy atom. The molecule has 0 radical (unpaired) electrons. The molecule has 178 valence electrons. The van der Waals surface area contributed by atoms with Crippen LogP contribution >= 0.6 is 35.3 Å². The zero-order chi connectivity index (χ0) is 22.1. The van der Waals surface area contributed by atoms with Crippen molar-refractivity contribution in [2.45, 2.75) is 32.8 Å². The van der Waals surface area contributed by atoms with Gasteiger partial charge in [-0.2, -0.15) is 0 Å². The van der Waals surface area contributed by atoms with Crippen LogP contribution in [0.4, 0.5) is 0 Å². The van der Waals surface area contributed by atoms with E-state index in [1.54, 1.807) is 11.3 Å². The van der Waals surface area contributed by atoms with Crippen LogP contribution in [0, 0.1) is 6.92 Å². The molecule has 9 heteroatoms. The first-order valence-electron chi connectivity index (χ1n) is 11.0. The van der Waals surface area contributed by atoms with Crippen LogP contribution in [-0.2, 0) is 11.2 Å². The van der Waals surface area contributed by atoms with Gasteiger partial charge in [0.2, 0.25) is 0 Å². The number of ether oxygens (including phenoxy) is 1.